The minimum atomic E-state index is -1.04. The van der Waals surface area contributed by atoms with Crippen molar-refractivity contribution < 1.29 is 43.0 Å². The monoisotopic (exact) mass is 439 g/mol. The lowest BCUT2D eigenvalue weighted by Crippen LogP contribution is -2.52. The fourth-order valence-corrected chi connectivity index (χ4v) is 1.87. The summed E-state index contributed by atoms with van der Waals surface area (Å²) in [6.45, 7) is 8.03. The first-order valence-electron chi connectivity index (χ1n) is 8.87. The van der Waals surface area contributed by atoms with E-state index in [-0.39, 0.29) is 45.9 Å². The average molecular weight is 439 g/mol. The molecule has 0 heterocycles. The van der Waals surface area contributed by atoms with Crippen molar-refractivity contribution in [2.45, 2.75) is 0 Å². The van der Waals surface area contributed by atoms with Gasteiger partial charge < -0.3 is 19.1 Å². The van der Waals surface area contributed by atoms with E-state index in [9.17, 15) is 28.8 Å². The molecule has 0 saturated carbocycles. The lowest BCUT2D eigenvalue weighted by molar-refractivity contribution is -0.139. The molecule has 0 bridgehead atoms. The Morgan fingerprint density at radius 3 is 1.55 bits per heavy atom. The molecule has 0 spiro atoms. The van der Waals surface area contributed by atoms with E-state index in [1.165, 1.54) is 7.05 Å². The second-order valence-electron chi connectivity index (χ2n) is 5.55. The number of imide groups is 2. The number of amides is 5. The van der Waals surface area contributed by atoms with Gasteiger partial charge in [0.1, 0.15) is 19.8 Å². The fraction of sp³-hybridized carbons (Fsp3) is 0.368. The Bertz CT molecular complexity index is 720. The molecule has 0 unspecified atom stereocenters. The van der Waals surface area contributed by atoms with Crippen LogP contribution < -0.4 is 0 Å². The molecule has 0 aliphatic rings. The highest BCUT2D eigenvalue weighted by molar-refractivity contribution is 5.97. The van der Waals surface area contributed by atoms with E-state index < -0.39 is 30.0 Å². The van der Waals surface area contributed by atoms with E-state index in [0.29, 0.717) is 9.80 Å². The van der Waals surface area contributed by atoms with E-state index in [2.05, 4.69) is 19.7 Å². The van der Waals surface area contributed by atoms with Crippen LogP contribution in [0.25, 0.3) is 0 Å². The van der Waals surface area contributed by atoms with Crippen molar-refractivity contribution in [1.29, 1.82) is 0 Å². The largest absolute Gasteiger partial charge is 0.461 e. The molecular formula is C19H25N3O9. The van der Waals surface area contributed by atoms with E-state index in [0.717, 1.165) is 23.1 Å². The summed E-state index contributed by atoms with van der Waals surface area (Å²) < 4.78 is 14.3. The number of urea groups is 2. The molecule has 0 aliphatic carbocycles. The number of esters is 3. The van der Waals surface area contributed by atoms with Crippen molar-refractivity contribution in [2.24, 2.45) is 0 Å². The summed E-state index contributed by atoms with van der Waals surface area (Å²) >= 11 is 0. The second kappa shape index (κ2) is 15.0. The van der Waals surface area contributed by atoms with E-state index in [1.807, 2.05) is 0 Å². The van der Waals surface area contributed by atoms with Gasteiger partial charge in [0.05, 0.1) is 19.6 Å². The number of carbonyl (C=O) groups is 6. The zero-order chi connectivity index (χ0) is 23.8. The molecule has 0 fully saturated rings. The highest BCUT2D eigenvalue weighted by atomic mass is 16.5. The van der Waals surface area contributed by atoms with Crippen LogP contribution in [0.15, 0.2) is 38.0 Å². The van der Waals surface area contributed by atoms with Crippen molar-refractivity contribution in [3.8, 4) is 0 Å². The van der Waals surface area contributed by atoms with Gasteiger partial charge in [0.25, 0.3) is 0 Å². The SMILES string of the molecule is C=CC(=O)OCCN(C)C(=O)N(CCOC(=O)C=C)C(=O)N(C=O)CCOC(=O)C=C. The molecule has 12 nitrogen and oxygen atoms in total. The van der Waals surface area contributed by atoms with Gasteiger partial charge >= 0.3 is 30.0 Å². The molecular weight excluding hydrogens is 414 g/mol. The van der Waals surface area contributed by atoms with Crippen LogP contribution in [-0.2, 0) is 33.4 Å². The summed E-state index contributed by atoms with van der Waals surface area (Å²) in [6, 6.07) is -1.90. The van der Waals surface area contributed by atoms with Gasteiger partial charge in [0.2, 0.25) is 6.41 Å². The van der Waals surface area contributed by atoms with Crippen molar-refractivity contribution >= 4 is 36.4 Å². The molecule has 0 aromatic heterocycles. The van der Waals surface area contributed by atoms with E-state index in [1.54, 1.807) is 0 Å². The van der Waals surface area contributed by atoms with Crippen LogP contribution in [0.4, 0.5) is 9.59 Å². The molecule has 0 aromatic carbocycles. The summed E-state index contributed by atoms with van der Waals surface area (Å²) in [5, 5.41) is 0. The van der Waals surface area contributed by atoms with Crippen LogP contribution in [0.2, 0.25) is 0 Å². The molecule has 0 rings (SSSR count). The van der Waals surface area contributed by atoms with Crippen LogP contribution in [0.1, 0.15) is 0 Å². The Hall–Kier alpha value is -3.96. The van der Waals surface area contributed by atoms with Crippen LogP contribution in [0.3, 0.4) is 0 Å². The Morgan fingerprint density at radius 1 is 0.710 bits per heavy atom. The first-order chi connectivity index (χ1) is 14.7. The summed E-state index contributed by atoms with van der Waals surface area (Å²) in [6.07, 6.45) is 2.92. The third-order valence-corrected chi connectivity index (χ3v) is 3.47. The second-order valence-corrected chi connectivity index (χ2v) is 5.55. The Morgan fingerprint density at radius 2 is 1.13 bits per heavy atom. The summed E-state index contributed by atoms with van der Waals surface area (Å²) in [4.78, 5) is 72.4. The third kappa shape index (κ3) is 10.4. The minimum Gasteiger partial charge on any atom is -0.461 e. The third-order valence-electron chi connectivity index (χ3n) is 3.47. The number of ether oxygens (including phenoxy) is 3. The van der Waals surface area contributed by atoms with Crippen LogP contribution >= 0.6 is 0 Å². The highest BCUT2D eigenvalue weighted by Gasteiger charge is 2.29. The van der Waals surface area contributed by atoms with E-state index >= 15 is 0 Å². The molecule has 170 valence electrons. The summed E-state index contributed by atoms with van der Waals surface area (Å²) in [5.41, 5.74) is 0. The summed E-state index contributed by atoms with van der Waals surface area (Å²) in [7, 11) is 1.33. The van der Waals surface area contributed by atoms with Crippen LogP contribution in [0.5, 0.6) is 0 Å². The van der Waals surface area contributed by atoms with Gasteiger partial charge in [-0.25, -0.2) is 28.9 Å². The quantitative estimate of drug-likeness (QED) is 0.169. The minimum absolute atomic E-state index is 0.0767. The summed E-state index contributed by atoms with van der Waals surface area (Å²) in [5.74, 6) is -2.21. The number of rotatable bonds is 13. The average Bonchev–Trinajstić information content (AvgIpc) is 2.77. The maximum absolute atomic E-state index is 12.7. The van der Waals surface area contributed by atoms with Gasteiger partial charge in [-0.15, -0.1) is 0 Å². The Labute approximate surface area is 179 Å². The lowest BCUT2D eigenvalue weighted by Gasteiger charge is -2.29. The number of hydrogen-bond acceptors (Lipinski definition) is 9. The van der Waals surface area contributed by atoms with Crippen molar-refractivity contribution in [3.63, 3.8) is 0 Å². The van der Waals surface area contributed by atoms with Crippen LogP contribution in [-0.4, -0.2) is 97.6 Å². The fourth-order valence-electron chi connectivity index (χ4n) is 1.87. The number of hydrogen-bond donors (Lipinski definition) is 0. The molecule has 0 atom stereocenters. The number of likely N-dealkylation sites (N-methyl/N-ethyl adjacent to an activating group) is 1. The van der Waals surface area contributed by atoms with E-state index in [4.69, 9.17) is 14.2 Å². The predicted molar refractivity (Wildman–Crippen MR) is 106 cm³/mol. The molecule has 0 aliphatic heterocycles. The smallest absolute Gasteiger partial charge is 0.334 e. The first-order valence-corrected chi connectivity index (χ1v) is 8.87. The molecule has 0 aromatic rings. The molecule has 12 heteroatoms. The lowest BCUT2D eigenvalue weighted by atomic mass is 10.5. The number of carbonyl (C=O) groups excluding carboxylic acids is 6. The van der Waals surface area contributed by atoms with Crippen molar-refractivity contribution in [3.05, 3.63) is 38.0 Å². The topological polar surface area (TPSA) is 140 Å². The standard InChI is InChI=1S/C19H25N3O9/c1-5-15(24)29-11-8-20(4)18(27)22(10-13-31-17(26)7-3)19(28)21(14-23)9-12-30-16(25)6-2/h5-7,14H,1-3,8-13H2,4H3. The van der Waals surface area contributed by atoms with Crippen molar-refractivity contribution in [2.75, 3.05) is 46.5 Å². The van der Waals surface area contributed by atoms with Gasteiger partial charge in [0, 0.05) is 25.3 Å². The van der Waals surface area contributed by atoms with Crippen molar-refractivity contribution in [1.82, 2.24) is 14.7 Å². The van der Waals surface area contributed by atoms with Gasteiger partial charge in [-0.3, -0.25) is 9.69 Å². The molecule has 0 N–H and O–H groups in total. The van der Waals surface area contributed by atoms with Crippen LogP contribution in [0, 0.1) is 0 Å². The van der Waals surface area contributed by atoms with Gasteiger partial charge in [-0.2, -0.15) is 0 Å². The highest BCUT2D eigenvalue weighted by Crippen LogP contribution is 2.04. The zero-order valence-electron chi connectivity index (χ0n) is 17.2. The molecule has 0 radical (unpaired) electrons. The predicted octanol–water partition coefficient (Wildman–Crippen LogP) is 0.106. The molecule has 5 amide bonds. The normalized spacial score (nSPS) is 9.45. The van der Waals surface area contributed by atoms with Gasteiger partial charge in [0.15, 0.2) is 0 Å². The first kappa shape index (κ1) is 27.0. The zero-order valence-corrected chi connectivity index (χ0v) is 17.2. The molecule has 0 saturated heterocycles. The number of nitrogens with zero attached hydrogens (tertiary/aromatic N) is 3. The maximum Gasteiger partial charge on any atom is 0.334 e. The molecule has 31 heavy (non-hydrogen) atoms. The maximum atomic E-state index is 12.7. The Kier molecular flexibility index (Phi) is 13.0. The Balaban J connectivity index is 5.22. The van der Waals surface area contributed by atoms with Gasteiger partial charge in [-0.05, 0) is 0 Å². The van der Waals surface area contributed by atoms with Gasteiger partial charge in [-0.1, -0.05) is 19.7 Å².